The molecule has 1 atom stereocenters. The van der Waals surface area contributed by atoms with Crippen LogP contribution in [0.15, 0.2) is 42.9 Å². The highest BCUT2D eigenvalue weighted by atomic mass is 16.2. The summed E-state index contributed by atoms with van der Waals surface area (Å²) >= 11 is 0. The molecule has 0 aliphatic carbocycles. The lowest BCUT2D eigenvalue weighted by Crippen LogP contribution is -2.41. The van der Waals surface area contributed by atoms with E-state index in [4.69, 9.17) is 5.73 Å². The van der Waals surface area contributed by atoms with Crippen molar-refractivity contribution in [2.75, 3.05) is 42.9 Å². The number of carbonyl (C=O) groups is 2. The van der Waals surface area contributed by atoms with E-state index < -0.39 is 0 Å². The van der Waals surface area contributed by atoms with Gasteiger partial charge in [-0.15, -0.1) is 0 Å². The fourth-order valence-corrected chi connectivity index (χ4v) is 4.58. The number of nitrogens with one attached hydrogen (secondary N) is 1. The minimum absolute atomic E-state index is 0.0333. The molecule has 170 valence electrons. The molecular formula is C24H32N6O2. The summed E-state index contributed by atoms with van der Waals surface area (Å²) in [6.45, 7) is 4.38. The number of primary amides is 1. The molecule has 2 saturated heterocycles. The molecule has 8 nitrogen and oxygen atoms in total. The molecule has 0 bridgehead atoms. The van der Waals surface area contributed by atoms with Gasteiger partial charge in [-0.1, -0.05) is 12.1 Å². The fraction of sp³-hybridized carbons (Fsp3) is 0.500. The molecule has 0 radical (unpaired) electrons. The van der Waals surface area contributed by atoms with Crippen LogP contribution < -0.4 is 16.0 Å². The first kappa shape index (κ1) is 22.2. The van der Waals surface area contributed by atoms with Gasteiger partial charge in [0.15, 0.2) is 0 Å². The van der Waals surface area contributed by atoms with Crippen LogP contribution >= 0.6 is 0 Å². The van der Waals surface area contributed by atoms with Crippen molar-refractivity contribution in [2.24, 2.45) is 17.6 Å². The normalized spacial score (nSPS) is 20.1. The number of piperidine rings is 2. The van der Waals surface area contributed by atoms with Crippen LogP contribution in [0.2, 0.25) is 0 Å². The van der Waals surface area contributed by atoms with Crippen molar-refractivity contribution in [1.29, 1.82) is 0 Å². The van der Waals surface area contributed by atoms with Gasteiger partial charge in [-0.05, 0) is 62.9 Å². The minimum atomic E-state index is -0.169. The number of nitrogens with two attached hydrogens (primary N) is 1. The van der Waals surface area contributed by atoms with Crippen molar-refractivity contribution < 1.29 is 9.59 Å². The summed E-state index contributed by atoms with van der Waals surface area (Å²) in [4.78, 5) is 37.1. The van der Waals surface area contributed by atoms with Crippen LogP contribution in [0.25, 0.3) is 0 Å². The van der Waals surface area contributed by atoms with E-state index in [1.54, 1.807) is 18.6 Å². The lowest BCUT2D eigenvalue weighted by Gasteiger charge is -2.32. The number of anilines is 2. The number of hydrogen-bond donors (Lipinski definition) is 2. The maximum atomic E-state index is 12.8. The molecule has 2 amide bonds. The molecule has 0 saturated carbocycles. The summed E-state index contributed by atoms with van der Waals surface area (Å²) in [6, 6.07) is 8.13. The highest BCUT2D eigenvalue weighted by molar-refractivity contribution is 5.93. The summed E-state index contributed by atoms with van der Waals surface area (Å²) < 4.78 is 0. The summed E-state index contributed by atoms with van der Waals surface area (Å²) in [6.07, 6.45) is 9.60. The van der Waals surface area contributed by atoms with E-state index in [0.717, 1.165) is 69.8 Å². The van der Waals surface area contributed by atoms with Crippen molar-refractivity contribution in [2.45, 2.75) is 32.1 Å². The van der Waals surface area contributed by atoms with E-state index in [0.29, 0.717) is 6.54 Å². The van der Waals surface area contributed by atoms with Crippen molar-refractivity contribution in [1.82, 2.24) is 14.9 Å². The first-order valence-corrected chi connectivity index (χ1v) is 11.5. The van der Waals surface area contributed by atoms with Gasteiger partial charge in [0.05, 0.1) is 12.1 Å². The molecule has 2 fully saturated rings. The molecule has 8 heteroatoms. The van der Waals surface area contributed by atoms with Gasteiger partial charge >= 0.3 is 0 Å². The molecular weight excluding hydrogens is 404 g/mol. The zero-order chi connectivity index (χ0) is 22.3. The average Bonchev–Trinajstić information content (AvgIpc) is 2.84. The van der Waals surface area contributed by atoms with Crippen molar-refractivity contribution >= 4 is 23.3 Å². The largest absolute Gasteiger partial charge is 0.369 e. The van der Waals surface area contributed by atoms with Crippen LogP contribution in [0.4, 0.5) is 11.5 Å². The molecule has 3 heterocycles. The van der Waals surface area contributed by atoms with Gasteiger partial charge in [0.1, 0.15) is 5.82 Å². The molecule has 32 heavy (non-hydrogen) atoms. The Balaban J connectivity index is 1.24. The van der Waals surface area contributed by atoms with Gasteiger partial charge in [-0.25, -0.2) is 4.98 Å². The van der Waals surface area contributed by atoms with Crippen LogP contribution in [0.3, 0.4) is 0 Å². The lowest BCUT2D eigenvalue weighted by molar-refractivity contribution is -0.123. The lowest BCUT2D eigenvalue weighted by atomic mass is 9.96. The second-order valence-corrected chi connectivity index (χ2v) is 8.80. The monoisotopic (exact) mass is 436 g/mol. The van der Waals surface area contributed by atoms with E-state index in [-0.39, 0.29) is 23.7 Å². The number of benzene rings is 1. The molecule has 1 aromatic carbocycles. The molecule has 2 aliphatic heterocycles. The van der Waals surface area contributed by atoms with Gasteiger partial charge < -0.3 is 20.9 Å². The number of rotatable bonds is 7. The zero-order valence-corrected chi connectivity index (χ0v) is 18.4. The Morgan fingerprint density at radius 1 is 1.03 bits per heavy atom. The molecule has 2 aromatic rings. The maximum Gasteiger partial charge on any atom is 0.229 e. The quantitative estimate of drug-likeness (QED) is 0.689. The third-order valence-electron chi connectivity index (χ3n) is 6.59. The van der Waals surface area contributed by atoms with E-state index in [1.807, 2.05) is 12.1 Å². The smallest absolute Gasteiger partial charge is 0.229 e. The van der Waals surface area contributed by atoms with E-state index in [2.05, 4.69) is 37.2 Å². The Morgan fingerprint density at radius 3 is 2.50 bits per heavy atom. The highest BCUT2D eigenvalue weighted by Crippen LogP contribution is 2.23. The maximum absolute atomic E-state index is 12.8. The Kier molecular flexibility index (Phi) is 7.32. The third-order valence-corrected chi connectivity index (χ3v) is 6.59. The number of aromatic nitrogens is 2. The van der Waals surface area contributed by atoms with Gasteiger partial charge in [0, 0.05) is 43.6 Å². The summed E-state index contributed by atoms with van der Waals surface area (Å²) in [5, 5.41) is 3.08. The first-order valence-electron chi connectivity index (χ1n) is 11.5. The molecule has 2 aliphatic rings. The van der Waals surface area contributed by atoms with Gasteiger partial charge in [0.2, 0.25) is 11.8 Å². The second-order valence-electron chi connectivity index (χ2n) is 8.80. The molecule has 1 aromatic heterocycles. The molecule has 3 N–H and O–H groups in total. The SMILES string of the molecule is NC(=O)C1CCN(CCc2ccc(NC(=O)C3CCCN(c4cnccn4)C3)cc2)CC1. The number of hydrogen-bond acceptors (Lipinski definition) is 6. The minimum Gasteiger partial charge on any atom is -0.369 e. The van der Waals surface area contributed by atoms with Gasteiger partial charge in [-0.2, -0.15) is 0 Å². The fourth-order valence-electron chi connectivity index (χ4n) is 4.58. The molecule has 0 spiro atoms. The van der Waals surface area contributed by atoms with Crippen LogP contribution in [0.5, 0.6) is 0 Å². The van der Waals surface area contributed by atoms with Gasteiger partial charge in [0.25, 0.3) is 0 Å². The van der Waals surface area contributed by atoms with Crippen LogP contribution in [-0.4, -0.2) is 59.4 Å². The standard InChI is InChI=1S/C24H32N6O2/c25-23(31)19-8-14-29(15-9-19)13-7-18-3-5-21(6-4-18)28-24(32)20-2-1-12-30(17-20)22-16-26-10-11-27-22/h3-6,10-11,16,19-20H,1-2,7-9,12-15,17H2,(H2,25,31)(H,28,32). The molecule has 1 unspecified atom stereocenters. The number of carbonyl (C=O) groups excluding carboxylic acids is 2. The Hall–Kier alpha value is -3.00. The molecule has 4 rings (SSSR count). The Morgan fingerprint density at radius 2 is 1.81 bits per heavy atom. The predicted molar refractivity (Wildman–Crippen MR) is 124 cm³/mol. The topological polar surface area (TPSA) is 104 Å². The predicted octanol–water partition coefficient (Wildman–Crippen LogP) is 2.07. The number of likely N-dealkylation sites (tertiary alicyclic amines) is 1. The summed E-state index contributed by atoms with van der Waals surface area (Å²) in [7, 11) is 0. The van der Waals surface area contributed by atoms with Crippen LogP contribution in [0, 0.1) is 11.8 Å². The second kappa shape index (κ2) is 10.5. The number of nitrogens with zero attached hydrogens (tertiary/aromatic N) is 4. The zero-order valence-electron chi connectivity index (χ0n) is 18.4. The van der Waals surface area contributed by atoms with Crippen molar-refractivity contribution in [3.63, 3.8) is 0 Å². The number of amides is 2. The highest BCUT2D eigenvalue weighted by Gasteiger charge is 2.27. The first-order chi connectivity index (χ1) is 15.6. The van der Waals surface area contributed by atoms with E-state index >= 15 is 0 Å². The van der Waals surface area contributed by atoms with Gasteiger partial charge in [-0.3, -0.25) is 14.6 Å². The van der Waals surface area contributed by atoms with Crippen molar-refractivity contribution in [3.8, 4) is 0 Å². The third kappa shape index (κ3) is 5.82. The Bertz CT molecular complexity index is 896. The summed E-state index contributed by atoms with van der Waals surface area (Å²) in [5.74, 6) is 0.689. The Labute approximate surface area is 189 Å². The van der Waals surface area contributed by atoms with E-state index in [1.165, 1.54) is 5.56 Å². The van der Waals surface area contributed by atoms with Crippen molar-refractivity contribution in [3.05, 3.63) is 48.4 Å². The van der Waals surface area contributed by atoms with Crippen LogP contribution in [-0.2, 0) is 16.0 Å². The van der Waals surface area contributed by atoms with E-state index in [9.17, 15) is 9.59 Å². The average molecular weight is 437 g/mol. The van der Waals surface area contributed by atoms with Crippen LogP contribution in [0.1, 0.15) is 31.2 Å². The summed E-state index contributed by atoms with van der Waals surface area (Å²) in [5.41, 5.74) is 7.49.